The van der Waals surface area contributed by atoms with Gasteiger partial charge >= 0.3 is 5.69 Å². The molecule has 0 atom stereocenters. The molecule has 1 aromatic carbocycles. The molecule has 5 nitrogen and oxygen atoms in total. The van der Waals surface area contributed by atoms with E-state index in [0.29, 0.717) is 17.4 Å². The lowest BCUT2D eigenvalue weighted by Crippen LogP contribution is -2.40. The number of halogens is 1. The van der Waals surface area contributed by atoms with Crippen LogP contribution in [0.4, 0.5) is 0 Å². The molecule has 21 heavy (non-hydrogen) atoms. The van der Waals surface area contributed by atoms with Crippen LogP contribution in [0.2, 0.25) is 0 Å². The maximum absolute atomic E-state index is 12.3. The molecule has 1 aliphatic heterocycles. The van der Waals surface area contributed by atoms with Gasteiger partial charge in [0.05, 0.1) is 10.9 Å². The van der Waals surface area contributed by atoms with Crippen LogP contribution in [0, 0.1) is 0 Å². The summed E-state index contributed by atoms with van der Waals surface area (Å²) in [5.41, 5.74) is 0.101. The third kappa shape index (κ3) is 3.36. The minimum Gasteiger partial charge on any atom is -0.307 e. The van der Waals surface area contributed by atoms with Crippen molar-refractivity contribution in [2.75, 3.05) is 19.6 Å². The van der Waals surface area contributed by atoms with Gasteiger partial charge in [0, 0.05) is 13.1 Å². The zero-order valence-corrected chi connectivity index (χ0v) is 12.7. The van der Waals surface area contributed by atoms with Crippen molar-refractivity contribution in [3.8, 4) is 0 Å². The Labute approximate surface area is 129 Å². The zero-order chi connectivity index (χ0) is 13.9. The Kier molecular flexibility index (Phi) is 5.20. The Morgan fingerprint density at radius 3 is 2.48 bits per heavy atom. The normalized spacial score (nSPS) is 15.8. The number of hydrogen-bond donors (Lipinski definition) is 1. The van der Waals surface area contributed by atoms with Gasteiger partial charge in [-0.05, 0) is 38.1 Å². The van der Waals surface area contributed by atoms with Crippen molar-refractivity contribution < 1.29 is 0 Å². The molecule has 6 heteroatoms. The van der Waals surface area contributed by atoms with Gasteiger partial charge in [0.15, 0.2) is 0 Å². The standard InChI is InChI=1S/C15H19N3O2.ClH/c19-14-12-6-2-3-7-13(12)16-15(20)18(14)11-10-17-8-4-1-5-9-17;/h2-3,6-7H,1,4-5,8-11H2,(H,16,20);1H. The number of nitrogens with zero attached hydrogens (tertiary/aromatic N) is 2. The van der Waals surface area contributed by atoms with Gasteiger partial charge in [-0.3, -0.25) is 9.36 Å². The van der Waals surface area contributed by atoms with E-state index in [0.717, 1.165) is 19.6 Å². The quantitative estimate of drug-likeness (QED) is 0.937. The maximum Gasteiger partial charge on any atom is 0.328 e. The number of para-hydroxylation sites is 1. The van der Waals surface area contributed by atoms with E-state index in [1.807, 2.05) is 12.1 Å². The fraction of sp³-hybridized carbons (Fsp3) is 0.467. The predicted molar refractivity (Wildman–Crippen MR) is 86.4 cm³/mol. The number of likely N-dealkylation sites (tertiary alicyclic amines) is 1. The summed E-state index contributed by atoms with van der Waals surface area (Å²) in [7, 11) is 0. The Balaban J connectivity index is 0.00000161. The highest BCUT2D eigenvalue weighted by atomic mass is 35.5. The van der Waals surface area contributed by atoms with E-state index in [-0.39, 0.29) is 23.7 Å². The van der Waals surface area contributed by atoms with Crippen LogP contribution >= 0.6 is 12.4 Å². The summed E-state index contributed by atoms with van der Waals surface area (Å²) in [6, 6.07) is 7.14. The van der Waals surface area contributed by atoms with Crippen molar-refractivity contribution in [3.63, 3.8) is 0 Å². The van der Waals surface area contributed by atoms with Crippen LogP contribution in [-0.4, -0.2) is 34.1 Å². The van der Waals surface area contributed by atoms with E-state index in [1.165, 1.54) is 23.8 Å². The van der Waals surface area contributed by atoms with Gasteiger partial charge in [-0.1, -0.05) is 18.6 Å². The smallest absolute Gasteiger partial charge is 0.307 e. The van der Waals surface area contributed by atoms with Gasteiger partial charge in [0.1, 0.15) is 0 Å². The highest BCUT2D eigenvalue weighted by Crippen LogP contribution is 2.08. The van der Waals surface area contributed by atoms with Gasteiger partial charge in [-0.25, -0.2) is 4.79 Å². The molecule has 1 aromatic heterocycles. The molecule has 0 bridgehead atoms. The van der Waals surface area contributed by atoms with E-state index >= 15 is 0 Å². The van der Waals surface area contributed by atoms with Crippen LogP contribution < -0.4 is 11.2 Å². The molecule has 0 unspecified atom stereocenters. The van der Waals surface area contributed by atoms with E-state index in [4.69, 9.17) is 0 Å². The largest absolute Gasteiger partial charge is 0.328 e. The monoisotopic (exact) mass is 309 g/mol. The molecule has 0 aliphatic carbocycles. The first kappa shape index (κ1) is 15.8. The Bertz CT molecular complexity index is 717. The predicted octanol–water partition coefficient (Wildman–Crippen LogP) is 1.60. The molecular formula is C15H20ClN3O2. The number of H-pyrrole nitrogens is 1. The van der Waals surface area contributed by atoms with E-state index in [1.54, 1.807) is 12.1 Å². The Hall–Kier alpha value is -1.59. The van der Waals surface area contributed by atoms with Crippen LogP contribution in [0.5, 0.6) is 0 Å². The van der Waals surface area contributed by atoms with Gasteiger partial charge in [0.2, 0.25) is 0 Å². The summed E-state index contributed by atoms with van der Waals surface area (Å²) < 4.78 is 1.32. The van der Waals surface area contributed by atoms with Crippen LogP contribution in [0.15, 0.2) is 33.9 Å². The van der Waals surface area contributed by atoms with Gasteiger partial charge in [-0.15, -0.1) is 12.4 Å². The van der Waals surface area contributed by atoms with Crippen molar-refractivity contribution in [2.24, 2.45) is 0 Å². The summed E-state index contributed by atoms with van der Waals surface area (Å²) in [4.78, 5) is 29.5. The lowest BCUT2D eigenvalue weighted by Gasteiger charge is -2.26. The van der Waals surface area contributed by atoms with Crippen LogP contribution in [0.1, 0.15) is 19.3 Å². The van der Waals surface area contributed by atoms with Crippen LogP contribution in [-0.2, 0) is 6.54 Å². The number of aromatic nitrogens is 2. The summed E-state index contributed by atoms with van der Waals surface area (Å²) >= 11 is 0. The first-order chi connectivity index (χ1) is 9.75. The van der Waals surface area contributed by atoms with E-state index in [9.17, 15) is 9.59 Å². The van der Waals surface area contributed by atoms with Gasteiger partial charge in [0.25, 0.3) is 5.56 Å². The second-order valence-electron chi connectivity index (χ2n) is 5.33. The molecule has 3 rings (SSSR count). The van der Waals surface area contributed by atoms with E-state index in [2.05, 4.69) is 9.88 Å². The molecule has 1 aliphatic rings. The minimum absolute atomic E-state index is 0. The number of hydrogen-bond acceptors (Lipinski definition) is 3. The van der Waals surface area contributed by atoms with Crippen LogP contribution in [0.3, 0.4) is 0 Å². The van der Waals surface area contributed by atoms with Crippen molar-refractivity contribution in [2.45, 2.75) is 25.8 Å². The molecular weight excluding hydrogens is 290 g/mol. The fourth-order valence-corrected chi connectivity index (χ4v) is 2.83. The molecule has 0 spiro atoms. The number of rotatable bonds is 3. The molecule has 2 aromatic rings. The number of fused-ring (bicyclic) bond motifs is 1. The first-order valence-corrected chi connectivity index (χ1v) is 7.20. The highest BCUT2D eigenvalue weighted by molar-refractivity contribution is 5.85. The Morgan fingerprint density at radius 2 is 1.71 bits per heavy atom. The average Bonchev–Trinajstić information content (AvgIpc) is 2.48. The SMILES string of the molecule is Cl.O=c1[nH]c2ccccc2c(=O)n1CCN1CCCCC1. The molecule has 0 saturated carbocycles. The maximum atomic E-state index is 12.3. The van der Waals surface area contributed by atoms with Crippen molar-refractivity contribution in [1.29, 1.82) is 0 Å². The second-order valence-corrected chi connectivity index (χ2v) is 5.33. The number of aromatic amines is 1. The minimum atomic E-state index is -0.314. The third-order valence-corrected chi connectivity index (χ3v) is 3.98. The highest BCUT2D eigenvalue weighted by Gasteiger charge is 2.12. The molecule has 114 valence electrons. The Morgan fingerprint density at radius 1 is 1.00 bits per heavy atom. The fourth-order valence-electron chi connectivity index (χ4n) is 2.83. The summed E-state index contributed by atoms with van der Waals surface area (Å²) in [6.45, 7) is 3.36. The van der Waals surface area contributed by atoms with E-state index < -0.39 is 0 Å². The molecule has 1 saturated heterocycles. The topological polar surface area (TPSA) is 58.1 Å². The summed E-state index contributed by atoms with van der Waals surface area (Å²) in [5, 5.41) is 0.575. The molecule has 0 radical (unpaired) electrons. The lowest BCUT2D eigenvalue weighted by molar-refractivity contribution is 0.219. The van der Waals surface area contributed by atoms with Crippen molar-refractivity contribution in [3.05, 3.63) is 45.1 Å². The lowest BCUT2D eigenvalue weighted by atomic mass is 10.1. The summed E-state index contributed by atoms with van der Waals surface area (Å²) in [5.74, 6) is 0. The van der Waals surface area contributed by atoms with Crippen molar-refractivity contribution >= 4 is 23.3 Å². The van der Waals surface area contributed by atoms with Crippen molar-refractivity contribution in [1.82, 2.24) is 14.5 Å². The number of benzene rings is 1. The number of nitrogens with one attached hydrogen (secondary N) is 1. The molecule has 2 heterocycles. The molecule has 0 amide bonds. The van der Waals surface area contributed by atoms with Crippen LogP contribution in [0.25, 0.3) is 10.9 Å². The van der Waals surface area contributed by atoms with Gasteiger partial charge < -0.3 is 9.88 Å². The summed E-state index contributed by atoms with van der Waals surface area (Å²) in [6.07, 6.45) is 3.71. The molecule has 1 N–H and O–H groups in total. The molecule has 1 fully saturated rings. The zero-order valence-electron chi connectivity index (χ0n) is 11.9. The second kappa shape index (κ2) is 6.91. The number of piperidine rings is 1. The third-order valence-electron chi connectivity index (χ3n) is 3.98. The van der Waals surface area contributed by atoms with Gasteiger partial charge in [-0.2, -0.15) is 0 Å². The average molecular weight is 310 g/mol. The first-order valence-electron chi connectivity index (χ1n) is 7.20.